The third-order valence-corrected chi connectivity index (χ3v) is 3.54. The van der Waals surface area contributed by atoms with Crippen LogP contribution in [0.2, 0.25) is 0 Å². The topological polar surface area (TPSA) is 48.1 Å². The lowest BCUT2D eigenvalue weighted by molar-refractivity contribution is 0.306. The Bertz CT molecular complexity index is 734. The minimum Gasteiger partial charge on any atom is -0.489 e. The van der Waals surface area contributed by atoms with E-state index in [0.29, 0.717) is 13.2 Å². The smallest absolute Gasteiger partial charge is 0.119 e. The zero-order valence-corrected chi connectivity index (χ0v) is 14.7. The zero-order chi connectivity index (χ0) is 15.2. The third kappa shape index (κ3) is 4.96. The number of pyridine rings is 1. The number of benzene rings is 2. The summed E-state index contributed by atoms with van der Waals surface area (Å²) in [5.74, 6) is 0.853. The molecule has 126 valence electrons. The van der Waals surface area contributed by atoms with Crippen molar-refractivity contribution in [2.45, 2.75) is 13.2 Å². The predicted octanol–water partition coefficient (Wildman–Crippen LogP) is 4.63. The molecule has 0 saturated heterocycles. The molecule has 24 heavy (non-hydrogen) atoms. The molecule has 1 aromatic heterocycles. The fraction of sp³-hybridized carbons (Fsp3) is 0.105. The normalized spacial score (nSPS) is 9.54. The van der Waals surface area contributed by atoms with Gasteiger partial charge in [0.05, 0.1) is 0 Å². The van der Waals surface area contributed by atoms with E-state index in [0.717, 1.165) is 28.0 Å². The van der Waals surface area contributed by atoms with Crippen molar-refractivity contribution in [2.75, 3.05) is 0 Å². The highest BCUT2D eigenvalue weighted by Crippen LogP contribution is 2.25. The van der Waals surface area contributed by atoms with Crippen molar-refractivity contribution in [1.29, 1.82) is 0 Å². The molecule has 0 aliphatic rings. The molecule has 0 amide bonds. The summed E-state index contributed by atoms with van der Waals surface area (Å²) in [4.78, 5) is 4.18. The Hall–Kier alpha value is -2.07. The molecule has 5 heteroatoms. The first-order valence-corrected chi connectivity index (χ1v) is 7.27. The minimum atomic E-state index is 0. The number of nitrogens with zero attached hydrogens (tertiary/aromatic N) is 1. The van der Waals surface area contributed by atoms with Gasteiger partial charge in [0.1, 0.15) is 12.4 Å². The van der Waals surface area contributed by atoms with Crippen LogP contribution in [0.1, 0.15) is 11.1 Å². The lowest BCUT2D eigenvalue weighted by Gasteiger charge is -2.09. The maximum atomic E-state index is 5.80. The summed E-state index contributed by atoms with van der Waals surface area (Å²) in [5.41, 5.74) is 10.2. The van der Waals surface area contributed by atoms with Crippen molar-refractivity contribution < 1.29 is 4.74 Å². The summed E-state index contributed by atoms with van der Waals surface area (Å²) in [7, 11) is 0. The van der Waals surface area contributed by atoms with Crippen LogP contribution in [0.3, 0.4) is 0 Å². The van der Waals surface area contributed by atoms with E-state index in [1.807, 2.05) is 54.7 Å². The first-order chi connectivity index (χ1) is 10.9. The Morgan fingerprint density at radius 3 is 2.25 bits per heavy atom. The SMILES string of the molecule is Cl.Cl.NCc1ccncc1-c1ccc(OCc2ccccc2)cc1. The van der Waals surface area contributed by atoms with Gasteiger partial charge < -0.3 is 10.5 Å². The second kappa shape index (κ2) is 9.93. The fourth-order valence-electron chi connectivity index (χ4n) is 2.33. The quantitative estimate of drug-likeness (QED) is 0.719. The first-order valence-electron chi connectivity index (χ1n) is 7.27. The average molecular weight is 363 g/mol. The van der Waals surface area contributed by atoms with E-state index < -0.39 is 0 Å². The highest BCUT2D eigenvalue weighted by Gasteiger charge is 2.04. The van der Waals surface area contributed by atoms with Gasteiger partial charge in [0.15, 0.2) is 0 Å². The van der Waals surface area contributed by atoms with Crippen LogP contribution in [-0.4, -0.2) is 4.98 Å². The van der Waals surface area contributed by atoms with E-state index in [2.05, 4.69) is 17.1 Å². The molecule has 0 bridgehead atoms. The van der Waals surface area contributed by atoms with Crippen molar-refractivity contribution in [2.24, 2.45) is 5.73 Å². The van der Waals surface area contributed by atoms with Crippen molar-refractivity contribution in [3.63, 3.8) is 0 Å². The molecule has 0 fully saturated rings. The van der Waals surface area contributed by atoms with Crippen LogP contribution >= 0.6 is 24.8 Å². The predicted molar refractivity (Wildman–Crippen MR) is 103 cm³/mol. The minimum absolute atomic E-state index is 0. The lowest BCUT2D eigenvalue weighted by Crippen LogP contribution is -1.99. The van der Waals surface area contributed by atoms with E-state index in [1.54, 1.807) is 6.20 Å². The van der Waals surface area contributed by atoms with Crippen LogP contribution in [0, 0.1) is 0 Å². The number of nitrogens with two attached hydrogens (primary N) is 1. The lowest BCUT2D eigenvalue weighted by atomic mass is 10.0. The molecule has 0 aliphatic heterocycles. The van der Waals surface area contributed by atoms with Gasteiger partial charge in [-0.1, -0.05) is 42.5 Å². The number of halogens is 2. The number of hydrogen-bond acceptors (Lipinski definition) is 3. The number of hydrogen-bond donors (Lipinski definition) is 1. The maximum Gasteiger partial charge on any atom is 0.119 e. The maximum absolute atomic E-state index is 5.80. The molecule has 3 nitrogen and oxygen atoms in total. The van der Waals surface area contributed by atoms with Gasteiger partial charge >= 0.3 is 0 Å². The Morgan fingerprint density at radius 1 is 0.875 bits per heavy atom. The Kier molecular flexibility index (Phi) is 8.27. The molecule has 0 saturated carbocycles. The van der Waals surface area contributed by atoms with Gasteiger partial charge in [-0.25, -0.2) is 0 Å². The summed E-state index contributed by atoms with van der Waals surface area (Å²) in [6.07, 6.45) is 3.62. The average Bonchev–Trinajstić information content (AvgIpc) is 2.61. The molecule has 3 aromatic rings. The summed E-state index contributed by atoms with van der Waals surface area (Å²) in [6.45, 7) is 1.07. The standard InChI is InChI=1S/C19H18N2O.2ClH/c20-12-17-10-11-21-13-19(17)16-6-8-18(9-7-16)22-14-15-4-2-1-3-5-15;;/h1-11,13H,12,14,20H2;2*1H. The van der Waals surface area contributed by atoms with E-state index in [-0.39, 0.29) is 24.8 Å². The molecule has 0 radical (unpaired) electrons. The van der Waals surface area contributed by atoms with Gasteiger partial charge in [-0.3, -0.25) is 4.98 Å². The van der Waals surface area contributed by atoms with Crippen molar-refractivity contribution in [1.82, 2.24) is 4.98 Å². The second-order valence-corrected chi connectivity index (χ2v) is 5.04. The third-order valence-electron chi connectivity index (χ3n) is 3.54. The van der Waals surface area contributed by atoms with Crippen molar-refractivity contribution >= 4 is 24.8 Å². The monoisotopic (exact) mass is 362 g/mol. The molecule has 0 atom stereocenters. The molecule has 2 aromatic carbocycles. The van der Waals surface area contributed by atoms with Crippen molar-refractivity contribution in [3.05, 3.63) is 84.2 Å². The molecule has 3 rings (SSSR count). The second-order valence-electron chi connectivity index (χ2n) is 5.04. The molecule has 0 aliphatic carbocycles. The summed E-state index contributed by atoms with van der Waals surface area (Å²) in [5, 5.41) is 0. The molecular formula is C19H20Cl2N2O. The fourth-order valence-corrected chi connectivity index (χ4v) is 2.33. The number of rotatable bonds is 5. The number of aromatic nitrogens is 1. The van der Waals surface area contributed by atoms with Crippen LogP contribution in [0.25, 0.3) is 11.1 Å². The molecule has 2 N–H and O–H groups in total. The molecule has 0 unspecified atom stereocenters. The van der Waals surface area contributed by atoms with Crippen LogP contribution in [0.15, 0.2) is 73.1 Å². The van der Waals surface area contributed by atoms with Gasteiger partial charge in [-0.2, -0.15) is 0 Å². The Balaban J connectivity index is 0.00000144. The Morgan fingerprint density at radius 2 is 1.58 bits per heavy atom. The van der Waals surface area contributed by atoms with E-state index in [1.165, 1.54) is 0 Å². The van der Waals surface area contributed by atoms with Gasteiger partial charge in [0, 0.05) is 24.5 Å². The van der Waals surface area contributed by atoms with E-state index in [9.17, 15) is 0 Å². The highest BCUT2D eigenvalue weighted by molar-refractivity contribution is 5.85. The molecular weight excluding hydrogens is 343 g/mol. The summed E-state index contributed by atoms with van der Waals surface area (Å²) >= 11 is 0. The van der Waals surface area contributed by atoms with Gasteiger partial charge in [-0.15, -0.1) is 24.8 Å². The van der Waals surface area contributed by atoms with Crippen LogP contribution in [-0.2, 0) is 13.2 Å². The highest BCUT2D eigenvalue weighted by atomic mass is 35.5. The van der Waals surface area contributed by atoms with Crippen LogP contribution < -0.4 is 10.5 Å². The summed E-state index contributed by atoms with van der Waals surface area (Å²) in [6, 6.07) is 20.1. The van der Waals surface area contributed by atoms with Crippen molar-refractivity contribution in [3.8, 4) is 16.9 Å². The van der Waals surface area contributed by atoms with Gasteiger partial charge in [0.2, 0.25) is 0 Å². The number of ether oxygens (including phenoxy) is 1. The van der Waals surface area contributed by atoms with E-state index in [4.69, 9.17) is 10.5 Å². The van der Waals surface area contributed by atoms with Gasteiger partial charge in [-0.05, 0) is 34.9 Å². The van der Waals surface area contributed by atoms with E-state index >= 15 is 0 Å². The largest absolute Gasteiger partial charge is 0.489 e. The molecule has 1 heterocycles. The first kappa shape index (κ1) is 20.0. The van der Waals surface area contributed by atoms with Crippen LogP contribution in [0.4, 0.5) is 0 Å². The van der Waals surface area contributed by atoms with Crippen LogP contribution in [0.5, 0.6) is 5.75 Å². The summed E-state index contributed by atoms with van der Waals surface area (Å²) < 4.78 is 5.80. The Labute approximate surface area is 154 Å². The zero-order valence-electron chi connectivity index (χ0n) is 13.1. The molecule has 0 spiro atoms. The van der Waals surface area contributed by atoms with Gasteiger partial charge in [0.25, 0.3) is 0 Å².